The molecule has 298 valence electrons. The van der Waals surface area contributed by atoms with Crippen LogP contribution in [-0.2, 0) is 19.1 Å². The van der Waals surface area contributed by atoms with Crippen LogP contribution in [0, 0.1) is 0 Å². The summed E-state index contributed by atoms with van der Waals surface area (Å²) in [4.78, 5) is 24.0. The number of carbonyl (C=O) groups is 2. The Labute approximate surface area is 312 Å². The van der Waals surface area contributed by atoms with E-state index in [9.17, 15) is 14.7 Å². The summed E-state index contributed by atoms with van der Waals surface area (Å²) in [6.07, 6.45) is 47.4. The molecule has 0 aliphatic rings. The second-order valence-corrected chi connectivity index (χ2v) is 15.5. The fourth-order valence-electron chi connectivity index (χ4n) is 6.91. The SMILES string of the molecule is CCCCCCCCCCCCCCCCCCCCCCCC(=O)OC[C@H](O)COC(=O)CCCCCCCCCCCCCCCCC. The lowest BCUT2D eigenvalue weighted by Crippen LogP contribution is -2.25. The second kappa shape index (κ2) is 42.3. The number of ether oxygens (including phenoxy) is 2. The highest BCUT2D eigenvalue weighted by atomic mass is 16.6. The van der Waals surface area contributed by atoms with Crippen LogP contribution in [0.5, 0.6) is 0 Å². The molecule has 5 nitrogen and oxygen atoms in total. The van der Waals surface area contributed by atoms with Crippen LogP contribution in [-0.4, -0.2) is 36.4 Å². The van der Waals surface area contributed by atoms with Crippen LogP contribution in [0.25, 0.3) is 0 Å². The van der Waals surface area contributed by atoms with E-state index >= 15 is 0 Å². The van der Waals surface area contributed by atoms with Gasteiger partial charge in [-0.2, -0.15) is 0 Å². The summed E-state index contributed by atoms with van der Waals surface area (Å²) in [5, 5.41) is 10.0. The molecule has 50 heavy (non-hydrogen) atoms. The number of esters is 2. The molecule has 0 saturated heterocycles. The van der Waals surface area contributed by atoms with Crippen LogP contribution in [0.3, 0.4) is 0 Å². The quantitative estimate of drug-likeness (QED) is 0.0505. The first-order valence-corrected chi connectivity index (χ1v) is 22.6. The number of carbonyl (C=O) groups excluding carboxylic acids is 2. The van der Waals surface area contributed by atoms with Gasteiger partial charge in [0.2, 0.25) is 0 Å². The third-order valence-corrected chi connectivity index (χ3v) is 10.3. The largest absolute Gasteiger partial charge is 0.463 e. The number of unbranched alkanes of at least 4 members (excludes halogenated alkanes) is 34. The number of hydrogen-bond donors (Lipinski definition) is 1. The Balaban J connectivity index is 3.34. The maximum absolute atomic E-state index is 12.0. The Kier molecular flexibility index (Phi) is 41.4. The normalized spacial score (nSPS) is 12.0. The van der Waals surface area contributed by atoms with Crippen molar-refractivity contribution < 1.29 is 24.2 Å². The van der Waals surface area contributed by atoms with E-state index in [0.717, 1.165) is 25.7 Å². The van der Waals surface area contributed by atoms with Gasteiger partial charge >= 0.3 is 11.9 Å². The van der Waals surface area contributed by atoms with E-state index in [-0.39, 0.29) is 25.2 Å². The van der Waals surface area contributed by atoms with E-state index in [4.69, 9.17) is 9.47 Å². The lowest BCUT2D eigenvalue weighted by atomic mass is 10.0. The minimum absolute atomic E-state index is 0.107. The molecule has 0 bridgehead atoms. The number of hydrogen-bond acceptors (Lipinski definition) is 5. The Morgan fingerprint density at radius 1 is 0.340 bits per heavy atom. The molecule has 0 heterocycles. The Bertz CT molecular complexity index is 680. The molecule has 0 aliphatic heterocycles. The number of aliphatic hydroxyl groups excluding tert-OH is 1. The number of rotatable bonds is 42. The van der Waals surface area contributed by atoms with Crippen LogP contribution >= 0.6 is 0 Å². The van der Waals surface area contributed by atoms with Crippen molar-refractivity contribution in [3.8, 4) is 0 Å². The molecule has 0 radical (unpaired) electrons. The maximum Gasteiger partial charge on any atom is 0.305 e. The van der Waals surface area contributed by atoms with Crippen LogP contribution in [0.4, 0.5) is 0 Å². The topological polar surface area (TPSA) is 72.8 Å². The van der Waals surface area contributed by atoms with E-state index in [1.807, 2.05) is 0 Å². The van der Waals surface area contributed by atoms with Crippen LogP contribution in [0.1, 0.15) is 258 Å². The molecule has 5 heteroatoms. The minimum atomic E-state index is -0.955. The van der Waals surface area contributed by atoms with Crippen molar-refractivity contribution in [3.05, 3.63) is 0 Å². The van der Waals surface area contributed by atoms with Gasteiger partial charge in [-0.1, -0.05) is 232 Å². The van der Waals surface area contributed by atoms with E-state index in [2.05, 4.69) is 13.8 Å². The molecule has 0 aromatic carbocycles. The zero-order chi connectivity index (χ0) is 36.4. The van der Waals surface area contributed by atoms with Crippen LogP contribution in [0.15, 0.2) is 0 Å². The summed E-state index contributed by atoms with van der Waals surface area (Å²) in [5.41, 5.74) is 0. The molecule has 0 aliphatic carbocycles. The summed E-state index contributed by atoms with van der Waals surface area (Å²) in [6, 6.07) is 0. The molecule has 0 aromatic rings. The first kappa shape index (κ1) is 48.9. The molecular formula is C45H88O5. The van der Waals surface area contributed by atoms with Gasteiger partial charge in [0.05, 0.1) is 0 Å². The first-order valence-electron chi connectivity index (χ1n) is 22.6. The minimum Gasteiger partial charge on any atom is -0.463 e. The lowest BCUT2D eigenvalue weighted by molar-refractivity contribution is -0.152. The summed E-state index contributed by atoms with van der Waals surface area (Å²) in [5.74, 6) is -0.546. The highest BCUT2D eigenvalue weighted by molar-refractivity contribution is 5.69. The Morgan fingerprint density at radius 2 is 0.520 bits per heavy atom. The monoisotopic (exact) mass is 709 g/mol. The molecule has 0 saturated carbocycles. The molecule has 0 unspecified atom stereocenters. The highest BCUT2D eigenvalue weighted by Gasteiger charge is 2.12. The van der Waals surface area contributed by atoms with E-state index in [1.54, 1.807) is 0 Å². The van der Waals surface area contributed by atoms with Gasteiger partial charge in [0.25, 0.3) is 0 Å². The standard InChI is InChI=1S/C45H88O5/c1-3-5-7-9-11-13-15-17-19-20-21-22-23-24-26-28-30-32-34-36-38-40-45(48)50-42-43(46)41-49-44(47)39-37-35-33-31-29-27-25-18-16-14-12-10-8-6-4-2/h43,46H,3-42H2,1-2H3/t43-/m1/s1. The highest BCUT2D eigenvalue weighted by Crippen LogP contribution is 2.16. The Morgan fingerprint density at radius 3 is 0.720 bits per heavy atom. The van der Waals surface area contributed by atoms with Crippen molar-refractivity contribution in [1.29, 1.82) is 0 Å². The predicted octanol–water partition coefficient (Wildman–Crippen LogP) is 14.3. The smallest absolute Gasteiger partial charge is 0.305 e. The number of aliphatic hydroxyl groups is 1. The van der Waals surface area contributed by atoms with Gasteiger partial charge in [-0.15, -0.1) is 0 Å². The van der Waals surface area contributed by atoms with Crippen molar-refractivity contribution in [2.24, 2.45) is 0 Å². The summed E-state index contributed by atoms with van der Waals surface area (Å²) in [7, 11) is 0. The van der Waals surface area contributed by atoms with Gasteiger partial charge < -0.3 is 14.6 Å². The van der Waals surface area contributed by atoms with Crippen molar-refractivity contribution in [1.82, 2.24) is 0 Å². The fraction of sp³-hybridized carbons (Fsp3) is 0.956. The molecule has 0 amide bonds. The van der Waals surface area contributed by atoms with Crippen molar-refractivity contribution in [2.45, 2.75) is 264 Å². The van der Waals surface area contributed by atoms with Gasteiger partial charge in [-0.3, -0.25) is 9.59 Å². The zero-order valence-corrected chi connectivity index (χ0v) is 33.9. The molecule has 0 aromatic heterocycles. The molecule has 1 N–H and O–H groups in total. The van der Waals surface area contributed by atoms with Crippen molar-refractivity contribution in [2.75, 3.05) is 13.2 Å². The lowest BCUT2D eigenvalue weighted by Gasteiger charge is -2.12. The molecule has 0 spiro atoms. The first-order chi connectivity index (χ1) is 24.6. The zero-order valence-electron chi connectivity index (χ0n) is 33.9. The van der Waals surface area contributed by atoms with Crippen molar-refractivity contribution >= 4 is 11.9 Å². The van der Waals surface area contributed by atoms with Crippen molar-refractivity contribution in [3.63, 3.8) is 0 Å². The van der Waals surface area contributed by atoms with Gasteiger partial charge in [0, 0.05) is 12.8 Å². The fourth-order valence-corrected chi connectivity index (χ4v) is 6.91. The third kappa shape index (κ3) is 41.3. The maximum atomic E-state index is 12.0. The summed E-state index contributed by atoms with van der Waals surface area (Å²) in [6.45, 7) is 4.35. The summed E-state index contributed by atoms with van der Waals surface area (Å²) >= 11 is 0. The molecule has 0 rings (SSSR count). The van der Waals surface area contributed by atoms with Crippen LogP contribution in [0.2, 0.25) is 0 Å². The van der Waals surface area contributed by atoms with Gasteiger partial charge in [0.15, 0.2) is 0 Å². The molecular weight excluding hydrogens is 620 g/mol. The van der Waals surface area contributed by atoms with E-state index < -0.39 is 6.10 Å². The predicted molar refractivity (Wildman–Crippen MR) is 215 cm³/mol. The Hall–Kier alpha value is -1.10. The average molecular weight is 709 g/mol. The third-order valence-electron chi connectivity index (χ3n) is 10.3. The van der Waals surface area contributed by atoms with Gasteiger partial charge in [-0.25, -0.2) is 0 Å². The van der Waals surface area contributed by atoms with Crippen LogP contribution < -0.4 is 0 Å². The second-order valence-electron chi connectivity index (χ2n) is 15.5. The van der Waals surface area contributed by atoms with Gasteiger partial charge in [-0.05, 0) is 12.8 Å². The molecule has 1 atom stereocenters. The summed E-state index contributed by atoms with van der Waals surface area (Å²) < 4.78 is 10.4. The average Bonchev–Trinajstić information content (AvgIpc) is 3.12. The van der Waals surface area contributed by atoms with E-state index in [0.29, 0.717) is 12.8 Å². The van der Waals surface area contributed by atoms with Gasteiger partial charge in [0.1, 0.15) is 19.3 Å². The van der Waals surface area contributed by atoms with E-state index in [1.165, 1.54) is 205 Å². The molecule has 0 fully saturated rings.